The Labute approximate surface area is 150 Å². The number of aliphatic imine (C=N–C) groups is 1. The van der Waals surface area contributed by atoms with Crippen LogP contribution in [0, 0.1) is 0 Å². The topological polar surface area (TPSA) is 40.5 Å². The first-order valence-corrected chi connectivity index (χ1v) is 8.13. The quantitative estimate of drug-likeness (QED) is 0.443. The van der Waals surface area contributed by atoms with Crippen molar-refractivity contribution in [1.82, 2.24) is 15.2 Å². The second-order valence-electron chi connectivity index (χ2n) is 6.05. The molecule has 1 aromatic heterocycles. The van der Waals surface area contributed by atoms with E-state index in [1.54, 1.807) is 11.3 Å². The summed E-state index contributed by atoms with van der Waals surface area (Å²) in [5.74, 6) is 0.936. The average molecular weight is 424 g/mol. The molecule has 1 rings (SSSR count). The highest BCUT2D eigenvalue weighted by Gasteiger charge is 2.17. The first-order chi connectivity index (χ1) is 9.38. The van der Waals surface area contributed by atoms with E-state index in [4.69, 9.17) is 4.98 Å². The lowest BCUT2D eigenvalue weighted by Gasteiger charge is -2.21. The van der Waals surface area contributed by atoms with Crippen molar-refractivity contribution in [3.8, 4) is 0 Å². The summed E-state index contributed by atoms with van der Waals surface area (Å²) in [7, 11) is 3.90. The van der Waals surface area contributed by atoms with Gasteiger partial charge >= 0.3 is 0 Å². The van der Waals surface area contributed by atoms with Crippen molar-refractivity contribution < 1.29 is 0 Å². The lowest BCUT2D eigenvalue weighted by Crippen LogP contribution is -2.38. The average Bonchev–Trinajstić information content (AvgIpc) is 2.85. The van der Waals surface area contributed by atoms with Gasteiger partial charge in [0.25, 0.3) is 0 Å². The zero-order chi connectivity index (χ0) is 15.2. The number of guanidine groups is 1. The number of nitrogens with zero attached hydrogens (tertiary/aromatic N) is 3. The standard InChI is InChI=1S/C15H28N4S.HI/c1-7-8-9-19(6)14(16-5)17-10-13-18-12(11-20-13)15(2,3)4;/h11H,7-10H2,1-6H3,(H,16,17);1H. The van der Waals surface area contributed by atoms with Crippen molar-refractivity contribution in [1.29, 1.82) is 0 Å². The van der Waals surface area contributed by atoms with Gasteiger partial charge in [-0.2, -0.15) is 0 Å². The molecule has 1 heterocycles. The highest BCUT2D eigenvalue weighted by Crippen LogP contribution is 2.23. The molecule has 0 bridgehead atoms. The minimum Gasteiger partial charge on any atom is -0.350 e. The third kappa shape index (κ3) is 6.95. The minimum absolute atomic E-state index is 0. The molecule has 0 fully saturated rings. The number of hydrogen-bond acceptors (Lipinski definition) is 3. The van der Waals surface area contributed by atoms with E-state index in [9.17, 15) is 0 Å². The Hall–Kier alpha value is -0.370. The molecule has 122 valence electrons. The summed E-state index contributed by atoms with van der Waals surface area (Å²) in [5, 5.41) is 6.65. The maximum atomic E-state index is 4.69. The largest absolute Gasteiger partial charge is 0.350 e. The molecule has 0 atom stereocenters. The van der Waals surface area contributed by atoms with Crippen molar-refractivity contribution in [3.05, 3.63) is 16.1 Å². The van der Waals surface area contributed by atoms with E-state index in [1.165, 1.54) is 12.8 Å². The predicted octanol–water partition coefficient (Wildman–Crippen LogP) is 3.87. The maximum Gasteiger partial charge on any atom is 0.193 e. The highest BCUT2D eigenvalue weighted by atomic mass is 127. The summed E-state index contributed by atoms with van der Waals surface area (Å²) in [5.41, 5.74) is 1.28. The number of thiazole rings is 1. The number of unbranched alkanes of at least 4 members (excludes halogenated alkanes) is 1. The molecule has 1 aromatic rings. The van der Waals surface area contributed by atoms with Gasteiger partial charge in [-0.15, -0.1) is 35.3 Å². The molecule has 0 spiro atoms. The Kier molecular flexibility index (Phi) is 9.44. The van der Waals surface area contributed by atoms with Crippen LogP contribution >= 0.6 is 35.3 Å². The molecule has 0 aliphatic carbocycles. The van der Waals surface area contributed by atoms with Crippen LogP contribution in [0.2, 0.25) is 0 Å². The molecule has 0 unspecified atom stereocenters. The highest BCUT2D eigenvalue weighted by molar-refractivity contribution is 14.0. The van der Waals surface area contributed by atoms with E-state index in [2.05, 4.69) is 55.3 Å². The van der Waals surface area contributed by atoms with Gasteiger partial charge in [-0.3, -0.25) is 4.99 Å². The summed E-state index contributed by atoms with van der Waals surface area (Å²) in [4.78, 5) is 11.2. The molecule has 0 amide bonds. The lowest BCUT2D eigenvalue weighted by molar-refractivity contribution is 0.464. The van der Waals surface area contributed by atoms with Gasteiger partial charge in [0.05, 0.1) is 12.2 Å². The summed E-state index contributed by atoms with van der Waals surface area (Å²) in [6, 6.07) is 0. The lowest BCUT2D eigenvalue weighted by atomic mass is 9.93. The summed E-state index contributed by atoms with van der Waals surface area (Å²) in [6.45, 7) is 10.5. The van der Waals surface area contributed by atoms with Crippen LogP contribution in [0.3, 0.4) is 0 Å². The summed E-state index contributed by atoms with van der Waals surface area (Å²) < 4.78 is 0. The van der Waals surface area contributed by atoms with Gasteiger partial charge in [-0.05, 0) is 6.42 Å². The van der Waals surface area contributed by atoms with Gasteiger partial charge in [0, 0.05) is 31.4 Å². The number of rotatable bonds is 5. The Morgan fingerprint density at radius 1 is 1.43 bits per heavy atom. The molecule has 21 heavy (non-hydrogen) atoms. The Balaban J connectivity index is 0.00000400. The molecule has 1 N–H and O–H groups in total. The van der Waals surface area contributed by atoms with Gasteiger partial charge in [-0.1, -0.05) is 34.1 Å². The minimum atomic E-state index is 0. The van der Waals surface area contributed by atoms with E-state index < -0.39 is 0 Å². The number of nitrogens with one attached hydrogen (secondary N) is 1. The van der Waals surface area contributed by atoms with Crippen molar-refractivity contribution in [3.63, 3.8) is 0 Å². The second kappa shape index (κ2) is 9.61. The number of aromatic nitrogens is 1. The van der Waals surface area contributed by atoms with Crippen LogP contribution in [0.25, 0.3) is 0 Å². The van der Waals surface area contributed by atoms with Gasteiger partial charge in [0.1, 0.15) is 5.01 Å². The zero-order valence-electron chi connectivity index (χ0n) is 14.1. The molecule has 6 heteroatoms. The van der Waals surface area contributed by atoms with Crippen LogP contribution in [-0.4, -0.2) is 36.5 Å². The fourth-order valence-electron chi connectivity index (χ4n) is 1.78. The number of hydrogen-bond donors (Lipinski definition) is 1. The van der Waals surface area contributed by atoms with Crippen LogP contribution in [0.15, 0.2) is 10.4 Å². The maximum absolute atomic E-state index is 4.69. The van der Waals surface area contributed by atoms with Crippen LogP contribution in [0.1, 0.15) is 51.2 Å². The molecule has 0 saturated carbocycles. The Morgan fingerprint density at radius 2 is 2.10 bits per heavy atom. The van der Waals surface area contributed by atoms with Crippen LogP contribution in [0.4, 0.5) is 0 Å². The van der Waals surface area contributed by atoms with E-state index >= 15 is 0 Å². The van der Waals surface area contributed by atoms with E-state index in [1.807, 2.05) is 7.05 Å². The van der Waals surface area contributed by atoms with E-state index in [0.717, 1.165) is 29.8 Å². The molecule has 0 saturated heterocycles. The van der Waals surface area contributed by atoms with Crippen molar-refractivity contribution in [2.75, 3.05) is 20.6 Å². The molecule has 0 aliphatic rings. The van der Waals surface area contributed by atoms with Crippen molar-refractivity contribution >= 4 is 41.3 Å². The zero-order valence-corrected chi connectivity index (χ0v) is 17.2. The smallest absolute Gasteiger partial charge is 0.193 e. The fraction of sp³-hybridized carbons (Fsp3) is 0.733. The number of halogens is 1. The first kappa shape index (κ1) is 20.6. The third-order valence-corrected chi connectivity index (χ3v) is 3.99. The molecular formula is C15H29IN4S. The van der Waals surface area contributed by atoms with Crippen molar-refractivity contribution in [2.24, 2.45) is 4.99 Å². The summed E-state index contributed by atoms with van der Waals surface area (Å²) in [6.07, 6.45) is 2.38. The third-order valence-electron chi connectivity index (χ3n) is 3.14. The molecule has 0 radical (unpaired) electrons. The predicted molar refractivity (Wildman–Crippen MR) is 104 cm³/mol. The Morgan fingerprint density at radius 3 is 2.57 bits per heavy atom. The van der Waals surface area contributed by atoms with Crippen LogP contribution < -0.4 is 5.32 Å². The van der Waals surface area contributed by atoms with Gasteiger partial charge in [0.2, 0.25) is 0 Å². The molecular weight excluding hydrogens is 395 g/mol. The van der Waals surface area contributed by atoms with Gasteiger partial charge in [-0.25, -0.2) is 4.98 Å². The second-order valence-corrected chi connectivity index (χ2v) is 7.00. The molecule has 0 aromatic carbocycles. The fourth-order valence-corrected chi connectivity index (χ4v) is 2.74. The normalized spacial score (nSPS) is 12.0. The van der Waals surface area contributed by atoms with E-state index in [-0.39, 0.29) is 29.4 Å². The van der Waals surface area contributed by atoms with Gasteiger partial charge in [0.15, 0.2) is 5.96 Å². The monoisotopic (exact) mass is 424 g/mol. The summed E-state index contributed by atoms with van der Waals surface area (Å²) >= 11 is 1.71. The van der Waals surface area contributed by atoms with Crippen molar-refractivity contribution in [2.45, 2.75) is 52.5 Å². The van der Waals surface area contributed by atoms with E-state index in [0.29, 0.717) is 0 Å². The Bertz CT molecular complexity index is 437. The van der Waals surface area contributed by atoms with Gasteiger partial charge < -0.3 is 10.2 Å². The molecule has 4 nitrogen and oxygen atoms in total. The molecule has 0 aliphatic heterocycles. The van der Waals surface area contributed by atoms with Crippen LogP contribution in [-0.2, 0) is 12.0 Å². The first-order valence-electron chi connectivity index (χ1n) is 7.25. The SMILES string of the molecule is CCCCN(C)C(=NC)NCc1nc(C(C)(C)C)cs1.I. The van der Waals surface area contributed by atoms with Crippen LogP contribution in [0.5, 0.6) is 0 Å².